The van der Waals surface area contributed by atoms with Gasteiger partial charge in [-0.3, -0.25) is 0 Å². The van der Waals surface area contributed by atoms with Crippen LogP contribution < -0.4 is 19.9 Å². The molecule has 34 heavy (non-hydrogen) atoms. The molecule has 5 N–H and O–H groups in total. The molecule has 0 saturated heterocycles. The number of nitrogens with zero attached hydrogens (tertiary/aromatic N) is 1. The third-order valence-electron chi connectivity index (χ3n) is 5.06. The predicted molar refractivity (Wildman–Crippen MR) is 128 cm³/mol. The van der Waals surface area contributed by atoms with Crippen LogP contribution in [0.3, 0.4) is 0 Å². The number of amides is 1. The van der Waals surface area contributed by atoms with Gasteiger partial charge in [-0.25, -0.2) is 19.6 Å². The van der Waals surface area contributed by atoms with Crippen LogP contribution in [0.25, 0.3) is 11.4 Å². The molecule has 1 unspecified atom stereocenters. The summed E-state index contributed by atoms with van der Waals surface area (Å²) in [5.74, 6) is 1.39. The maximum absolute atomic E-state index is 12.5. The Morgan fingerprint density at radius 2 is 1.85 bits per heavy atom. The maximum Gasteiger partial charge on any atom is 0.408 e. The summed E-state index contributed by atoms with van der Waals surface area (Å²) < 4.78 is 34.9. The van der Waals surface area contributed by atoms with Crippen molar-refractivity contribution in [2.24, 2.45) is 5.14 Å². The molecule has 3 aromatic rings. The number of hydrogen-bond donors (Lipinski definition) is 4. The summed E-state index contributed by atoms with van der Waals surface area (Å²) in [5, 5.41) is 7.84. The van der Waals surface area contributed by atoms with Gasteiger partial charge in [0, 0.05) is 12.1 Å². The molecule has 0 bridgehead atoms. The van der Waals surface area contributed by atoms with E-state index in [1.54, 1.807) is 13.3 Å². The van der Waals surface area contributed by atoms with E-state index in [1.165, 1.54) is 0 Å². The highest BCUT2D eigenvalue weighted by Crippen LogP contribution is 2.24. The van der Waals surface area contributed by atoms with Crippen LogP contribution in [0, 0.1) is 0 Å². The molecule has 0 aliphatic carbocycles. The summed E-state index contributed by atoms with van der Waals surface area (Å²) in [6.45, 7) is 0.363. The van der Waals surface area contributed by atoms with Crippen LogP contribution >= 0.6 is 0 Å². The number of imidazole rings is 1. The van der Waals surface area contributed by atoms with Crippen LogP contribution in [-0.2, 0) is 21.6 Å². The number of carbonyl (C=O) groups is 1. The number of methoxy groups -OCH3 is 1. The third-order valence-corrected chi connectivity index (χ3v) is 5.67. The molecule has 0 fully saturated rings. The van der Waals surface area contributed by atoms with Crippen molar-refractivity contribution in [2.45, 2.75) is 31.9 Å². The van der Waals surface area contributed by atoms with Gasteiger partial charge in [0.2, 0.25) is 0 Å². The highest BCUT2D eigenvalue weighted by Gasteiger charge is 2.18. The normalized spacial score (nSPS) is 12.2. The zero-order valence-corrected chi connectivity index (χ0v) is 19.7. The molecule has 1 atom stereocenters. The average Bonchev–Trinajstić information content (AvgIpc) is 3.32. The lowest BCUT2D eigenvalue weighted by molar-refractivity contribution is 0.134. The average molecular weight is 488 g/mol. The lowest BCUT2D eigenvalue weighted by Gasteiger charge is -2.17. The van der Waals surface area contributed by atoms with Crippen molar-refractivity contribution < 1.29 is 22.7 Å². The highest BCUT2D eigenvalue weighted by molar-refractivity contribution is 7.87. The summed E-state index contributed by atoms with van der Waals surface area (Å²) in [4.78, 5) is 20.2. The molecular weight excluding hydrogens is 458 g/mol. The van der Waals surface area contributed by atoms with E-state index in [0.29, 0.717) is 30.8 Å². The van der Waals surface area contributed by atoms with E-state index >= 15 is 0 Å². The molecule has 2 aromatic carbocycles. The van der Waals surface area contributed by atoms with Gasteiger partial charge in [-0.15, -0.1) is 0 Å². The molecule has 0 saturated carbocycles. The van der Waals surface area contributed by atoms with Crippen LogP contribution in [0.4, 0.5) is 4.79 Å². The molecular formula is C23H29N5O5S. The van der Waals surface area contributed by atoms with Gasteiger partial charge in [-0.1, -0.05) is 30.3 Å². The van der Waals surface area contributed by atoms with Crippen LogP contribution in [0.1, 0.15) is 36.6 Å². The van der Waals surface area contributed by atoms with Gasteiger partial charge in [-0.2, -0.15) is 8.42 Å². The Morgan fingerprint density at radius 3 is 2.53 bits per heavy atom. The van der Waals surface area contributed by atoms with Gasteiger partial charge < -0.3 is 19.8 Å². The summed E-state index contributed by atoms with van der Waals surface area (Å²) in [5.41, 5.74) is 2.46. The zero-order chi connectivity index (χ0) is 24.4. The number of ether oxygens (including phenoxy) is 2. The van der Waals surface area contributed by atoms with Gasteiger partial charge in [0.1, 0.15) is 18.2 Å². The van der Waals surface area contributed by atoms with E-state index in [-0.39, 0.29) is 13.2 Å². The summed E-state index contributed by atoms with van der Waals surface area (Å²) >= 11 is 0. The summed E-state index contributed by atoms with van der Waals surface area (Å²) in [7, 11) is -2.12. The highest BCUT2D eigenvalue weighted by atomic mass is 32.2. The second-order valence-electron chi connectivity index (χ2n) is 7.61. The van der Waals surface area contributed by atoms with E-state index in [9.17, 15) is 13.2 Å². The molecule has 0 aliphatic rings. The van der Waals surface area contributed by atoms with Crippen LogP contribution in [0.15, 0.2) is 60.8 Å². The Morgan fingerprint density at radius 1 is 1.12 bits per heavy atom. The van der Waals surface area contributed by atoms with Crippen LogP contribution in [-0.4, -0.2) is 38.1 Å². The maximum atomic E-state index is 12.5. The van der Waals surface area contributed by atoms with Crippen molar-refractivity contribution in [3.63, 3.8) is 0 Å². The Hall–Kier alpha value is -3.41. The first-order valence-corrected chi connectivity index (χ1v) is 12.3. The van der Waals surface area contributed by atoms with E-state index in [0.717, 1.165) is 16.9 Å². The van der Waals surface area contributed by atoms with Crippen molar-refractivity contribution in [2.75, 3.05) is 13.7 Å². The van der Waals surface area contributed by atoms with Crippen LogP contribution in [0.5, 0.6) is 5.75 Å². The largest absolute Gasteiger partial charge is 0.497 e. The molecule has 0 spiro atoms. The van der Waals surface area contributed by atoms with Gasteiger partial charge in [0.05, 0.1) is 25.0 Å². The summed E-state index contributed by atoms with van der Waals surface area (Å²) in [6.07, 6.45) is 2.83. The number of benzene rings is 2. The lowest BCUT2D eigenvalue weighted by Crippen LogP contribution is -2.32. The fraction of sp³-hybridized carbons (Fsp3) is 0.304. The first-order chi connectivity index (χ1) is 16.3. The van der Waals surface area contributed by atoms with Gasteiger partial charge in [-0.05, 0) is 49.1 Å². The van der Waals surface area contributed by atoms with Gasteiger partial charge in [0.25, 0.3) is 10.2 Å². The lowest BCUT2D eigenvalue weighted by atomic mass is 10.1. The Kier molecular flexibility index (Phi) is 9.02. The first-order valence-electron chi connectivity index (χ1n) is 10.8. The zero-order valence-electron chi connectivity index (χ0n) is 18.9. The molecule has 182 valence electrons. The van der Waals surface area contributed by atoms with Crippen molar-refractivity contribution >= 4 is 16.3 Å². The number of nitrogens with one attached hydrogen (secondary N) is 3. The number of H-pyrrole nitrogens is 1. The Balaban J connectivity index is 1.65. The molecule has 11 heteroatoms. The van der Waals surface area contributed by atoms with Gasteiger partial charge in [0.15, 0.2) is 0 Å². The van der Waals surface area contributed by atoms with E-state index in [4.69, 9.17) is 14.6 Å². The molecule has 1 heterocycles. The fourth-order valence-electron chi connectivity index (χ4n) is 3.31. The summed E-state index contributed by atoms with van der Waals surface area (Å²) in [6, 6.07) is 16.4. The molecule has 10 nitrogen and oxygen atoms in total. The number of nitrogens with two attached hydrogens (primary N) is 1. The monoisotopic (exact) mass is 487 g/mol. The van der Waals surface area contributed by atoms with Gasteiger partial charge >= 0.3 is 6.09 Å². The molecule has 3 rings (SSSR count). The number of alkyl carbamates (subject to hydrolysis) is 1. The Bertz CT molecular complexity index is 1150. The first kappa shape index (κ1) is 25.2. The standard InChI is InChI=1S/C23H29N5O5S/c1-32-19-12-10-18(11-13-19)22-25-15-21(27-22)20(9-5-6-14-26-34(24,30)31)28-23(29)33-16-17-7-3-2-4-8-17/h2-4,7-8,10-13,15,20,26H,5-6,9,14,16H2,1H3,(H,25,27)(H,28,29)(H2,24,30,31). The number of rotatable bonds is 12. The molecule has 0 aliphatic heterocycles. The number of hydrogen-bond acceptors (Lipinski definition) is 6. The molecule has 0 radical (unpaired) electrons. The topological polar surface area (TPSA) is 148 Å². The minimum absolute atomic E-state index is 0.151. The van der Waals surface area contributed by atoms with E-state index in [2.05, 4.69) is 20.0 Å². The van der Waals surface area contributed by atoms with Crippen molar-refractivity contribution in [3.05, 3.63) is 72.1 Å². The minimum atomic E-state index is -3.73. The number of aromatic amines is 1. The van der Waals surface area contributed by atoms with Crippen molar-refractivity contribution in [1.82, 2.24) is 20.0 Å². The molecule has 1 aromatic heterocycles. The third kappa shape index (κ3) is 8.18. The second kappa shape index (κ2) is 12.2. The number of unbranched alkanes of at least 4 members (excludes halogenated alkanes) is 1. The van der Waals surface area contributed by atoms with Crippen LogP contribution in [0.2, 0.25) is 0 Å². The minimum Gasteiger partial charge on any atom is -0.497 e. The quantitative estimate of drug-likeness (QED) is 0.289. The Labute approximate surface area is 199 Å². The molecule has 1 amide bonds. The second-order valence-corrected chi connectivity index (χ2v) is 8.99. The predicted octanol–water partition coefficient (Wildman–Crippen LogP) is 3.02. The van der Waals surface area contributed by atoms with Crippen molar-refractivity contribution in [1.29, 1.82) is 0 Å². The van der Waals surface area contributed by atoms with Crippen molar-refractivity contribution in [3.8, 4) is 17.1 Å². The fourth-order valence-corrected chi connectivity index (χ4v) is 3.74. The van der Waals surface area contributed by atoms with E-state index < -0.39 is 22.3 Å². The number of carbonyl (C=O) groups excluding carboxylic acids is 1. The smallest absolute Gasteiger partial charge is 0.408 e. The number of aromatic nitrogens is 2. The SMILES string of the molecule is COc1ccc(-c2ncc(C(CCCCNS(N)(=O)=O)NC(=O)OCc3ccccc3)[nH]2)cc1. The van der Waals surface area contributed by atoms with E-state index in [1.807, 2.05) is 54.6 Å².